The molecule has 0 radical (unpaired) electrons. The van der Waals surface area contributed by atoms with E-state index >= 15 is 0 Å². The average Bonchev–Trinajstić information content (AvgIpc) is 2.99. The van der Waals surface area contributed by atoms with E-state index in [1.54, 1.807) is 51.8 Å². The van der Waals surface area contributed by atoms with E-state index in [4.69, 9.17) is 10.1 Å². The van der Waals surface area contributed by atoms with Crippen molar-refractivity contribution < 1.29 is 23.8 Å². The molecule has 0 saturated carbocycles. The van der Waals surface area contributed by atoms with Gasteiger partial charge in [0, 0.05) is 75.8 Å². The summed E-state index contributed by atoms with van der Waals surface area (Å²) in [5, 5.41) is 8.52. The number of piperidine rings is 1. The number of halogens is 1. The van der Waals surface area contributed by atoms with Gasteiger partial charge in [0.2, 0.25) is 5.91 Å². The molecule has 0 bridgehead atoms. The minimum atomic E-state index is -0.500. The highest BCUT2D eigenvalue weighted by molar-refractivity contribution is 5.85. The molecular formula is C39H56FN3O4. The van der Waals surface area contributed by atoms with E-state index in [0.717, 1.165) is 83.7 Å². The highest BCUT2D eigenvalue weighted by atomic mass is 19.1. The number of aliphatic hydroxyl groups is 1. The SMILES string of the molecule is CC(=O)N(Cc1ccc(F)cc1)Cc1ccc(-c2c(C)nc(C)c(CC=O)c2N2CCC(C)(C)CC2)cc1.CC(C)(C)O.CCOC. The van der Waals surface area contributed by atoms with E-state index < -0.39 is 5.60 Å². The van der Waals surface area contributed by atoms with E-state index in [0.29, 0.717) is 24.9 Å². The van der Waals surface area contributed by atoms with E-state index in [1.165, 1.54) is 12.1 Å². The first-order valence-electron chi connectivity index (χ1n) is 16.5. The quantitative estimate of drug-likeness (QED) is 0.238. The fourth-order valence-electron chi connectivity index (χ4n) is 5.31. The molecule has 1 saturated heterocycles. The maximum Gasteiger partial charge on any atom is 0.220 e. The lowest BCUT2D eigenvalue weighted by atomic mass is 9.82. The fourth-order valence-corrected chi connectivity index (χ4v) is 5.31. The van der Waals surface area contributed by atoms with Crippen LogP contribution in [-0.2, 0) is 33.8 Å². The van der Waals surface area contributed by atoms with Gasteiger partial charge in [-0.15, -0.1) is 0 Å². The minimum Gasteiger partial charge on any atom is -0.391 e. The van der Waals surface area contributed by atoms with Gasteiger partial charge in [-0.05, 0) is 88.6 Å². The molecule has 0 aliphatic carbocycles. The average molecular weight is 650 g/mol. The number of hydrogen-bond donors (Lipinski definition) is 1. The summed E-state index contributed by atoms with van der Waals surface area (Å²) in [6.07, 6.45) is 3.51. The number of carbonyl (C=O) groups is 2. The zero-order valence-corrected chi connectivity index (χ0v) is 30.2. The molecule has 1 fully saturated rings. The predicted octanol–water partition coefficient (Wildman–Crippen LogP) is 7.85. The highest BCUT2D eigenvalue weighted by Gasteiger charge is 2.29. The van der Waals surface area contributed by atoms with Crippen molar-refractivity contribution in [1.29, 1.82) is 0 Å². The van der Waals surface area contributed by atoms with Crippen molar-refractivity contribution in [3.63, 3.8) is 0 Å². The number of rotatable bonds is 9. The first-order chi connectivity index (χ1) is 22.0. The number of aromatic nitrogens is 1. The second-order valence-electron chi connectivity index (χ2n) is 14.0. The molecule has 0 spiro atoms. The second kappa shape index (κ2) is 18.1. The number of anilines is 1. The van der Waals surface area contributed by atoms with Crippen LogP contribution in [-0.4, -0.2) is 59.6 Å². The Balaban J connectivity index is 0.000000755. The number of hydrogen-bond acceptors (Lipinski definition) is 6. The summed E-state index contributed by atoms with van der Waals surface area (Å²) in [5.41, 5.74) is 7.84. The Morgan fingerprint density at radius 2 is 1.47 bits per heavy atom. The number of benzene rings is 2. The maximum absolute atomic E-state index is 13.3. The molecule has 0 unspecified atom stereocenters. The zero-order chi connectivity index (χ0) is 35.4. The van der Waals surface area contributed by atoms with Crippen molar-refractivity contribution in [3.05, 3.63) is 82.4 Å². The standard InChI is InChI=1S/C32H38FN3O2.C4H10O.C3H8O/c1-22-29(14-19-37)31(35-17-15-32(4,5)16-18-35)30(23(2)34-22)27-10-6-25(7-11-27)20-36(24(3)38)21-26-8-12-28(33)13-9-26;1-4(2,3)5;1-3-4-2/h6-13,19H,14-18,20-21H2,1-5H3;5H,1-3H3;3H2,1-2H3. The molecule has 7 nitrogen and oxygen atoms in total. The number of aldehydes is 1. The molecule has 1 N–H and O–H groups in total. The Hall–Kier alpha value is -3.62. The summed E-state index contributed by atoms with van der Waals surface area (Å²) in [4.78, 5) is 33.0. The second-order valence-corrected chi connectivity index (χ2v) is 14.0. The summed E-state index contributed by atoms with van der Waals surface area (Å²) in [6, 6.07) is 14.5. The molecule has 4 rings (SSSR count). The van der Waals surface area contributed by atoms with Gasteiger partial charge in [-0.3, -0.25) is 9.78 Å². The van der Waals surface area contributed by atoms with Crippen molar-refractivity contribution in [3.8, 4) is 11.1 Å². The van der Waals surface area contributed by atoms with Crippen LogP contribution in [0, 0.1) is 25.1 Å². The number of amides is 1. The predicted molar refractivity (Wildman–Crippen MR) is 190 cm³/mol. The summed E-state index contributed by atoms with van der Waals surface area (Å²) >= 11 is 0. The van der Waals surface area contributed by atoms with Crippen LogP contribution in [0.25, 0.3) is 11.1 Å². The van der Waals surface area contributed by atoms with E-state index in [-0.39, 0.29) is 11.7 Å². The lowest BCUT2D eigenvalue weighted by molar-refractivity contribution is -0.130. The van der Waals surface area contributed by atoms with E-state index in [1.807, 2.05) is 20.8 Å². The Morgan fingerprint density at radius 1 is 1.00 bits per heavy atom. The van der Waals surface area contributed by atoms with Crippen molar-refractivity contribution >= 4 is 17.9 Å². The normalized spacial score (nSPS) is 13.9. The Morgan fingerprint density at radius 3 is 1.89 bits per heavy atom. The van der Waals surface area contributed by atoms with Gasteiger partial charge in [-0.25, -0.2) is 4.39 Å². The van der Waals surface area contributed by atoms with Crippen LogP contribution in [0.3, 0.4) is 0 Å². The Bertz CT molecular complexity index is 1410. The van der Waals surface area contributed by atoms with Gasteiger partial charge in [-0.2, -0.15) is 0 Å². The summed E-state index contributed by atoms with van der Waals surface area (Å²) in [7, 11) is 1.68. The third-order valence-electron chi connectivity index (χ3n) is 8.01. The van der Waals surface area contributed by atoms with Crippen LogP contribution >= 0.6 is 0 Å². The summed E-state index contributed by atoms with van der Waals surface area (Å²) in [6.45, 7) is 21.0. The van der Waals surface area contributed by atoms with Crippen LogP contribution in [0.15, 0.2) is 48.5 Å². The molecule has 2 aromatic carbocycles. The molecule has 1 amide bonds. The van der Waals surface area contributed by atoms with Crippen LogP contribution < -0.4 is 4.90 Å². The van der Waals surface area contributed by atoms with Crippen molar-refractivity contribution in [2.45, 2.75) is 100 Å². The van der Waals surface area contributed by atoms with Gasteiger partial charge < -0.3 is 24.4 Å². The lowest BCUT2D eigenvalue weighted by Crippen LogP contribution is -2.38. The largest absolute Gasteiger partial charge is 0.391 e. The highest BCUT2D eigenvalue weighted by Crippen LogP contribution is 2.41. The molecule has 1 aliphatic heterocycles. The van der Waals surface area contributed by atoms with Crippen molar-refractivity contribution in [2.75, 3.05) is 31.7 Å². The molecular weight excluding hydrogens is 593 g/mol. The van der Waals surface area contributed by atoms with Crippen molar-refractivity contribution in [2.24, 2.45) is 5.41 Å². The molecule has 1 aliphatic rings. The van der Waals surface area contributed by atoms with Crippen LogP contribution in [0.4, 0.5) is 10.1 Å². The number of methoxy groups -OCH3 is 1. The third-order valence-corrected chi connectivity index (χ3v) is 8.01. The molecule has 47 heavy (non-hydrogen) atoms. The lowest BCUT2D eigenvalue weighted by Gasteiger charge is -2.40. The van der Waals surface area contributed by atoms with Gasteiger partial charge in [0.05, 0.1) is 11.3 Å². The Kier molecular flexibility index (Phi) is 15.2. The molecule has 1 aromatic heterocycles. The van der Waals surface area contributed by atoms with Gasteiger partial charge >= 0.3 is 0 Å². The maximum atomic E-state index is 13.3. The summed E-state index contributed by atoms with van der Waals surface area (Å²) < 4.78 is 17.8. The van der Waals surface area contributed by atoms with E-state index in [2.05, 4.69) is 47.7 Å². The smallest absolute Gasteiger partial charge is 0.220 e. The zero-order valence-electron chi connectivity index (χ0n) is 30.2. The number of aryl methyl sites for hydroxylation is 2. The van der Waals surface area contributed by atoms with Crippen molar-refractivity contribution in [1.82, 2.24) is 9.88 Å². The first kappa shape index (κ1) is 39.6. The number of pyridine rings is 1. The molecule has 2 heterocycles. The van der Waals surface area contributed by atoms with Gasteiger partial charge in [0.15, 0.2) is 0 Å². The number of nitrogens with zero attached hydrogens (tertiary/aromatic N) is 3. The molecule has 8 heteroatoms. The van der Waals surface area contributed by atoms with Crippen LogP contribution in [0.1, 0.15) is 89.4 Å². The molecule has 3 aromatic rings. The first-order valence-corrected chi connectivity index (χ1v) is 16.5. The van der Waals surface area contributed by atoms with Crippen LogP contribution in [0.2, 0.25) is 0 Å². The van der Waals surface area contributed by atoms with E-state index in [9.17, 15) is 14.0 Å². The fraction of sp³-hybridized carbons (Fsp3) is 0.513. The Labute approximate surface area is 282 Å². The monoisotopic (exact) mass is 649 g/mol. The van der Waals surface area contributed by atoms with Gasteiger partial charge in [0.1, 0.15) is 12.1 Å². The topological polar surface area (TPSA) is 83.0 Å². The number of carbonyl (C=O) groups excluding carboxylic acids is 2. The van der Waals surface area contributed by atoms with Crippen LogP contribution in [0.5, 0.6) is 0 Å². The van der Waals surface area contributed by atoms with Gasteiger partial charge in [-0.1, -0.05) is 50.2 Å². The summed E-state index contributed by atoms with van der Waals surface area (Å²) in [5.74, 6) is -0.325. The molecule has 0 atom stereocenters. The number of ether oxygens (including phenoxy) is 1. The minimum absolute atomic E-state index is 0.0363. The molecule has 258 valence electrons. The van der Waals surface area contributed by atoms with Gasteiger partial charge in [0.25, 0.3) is 0 Å². The third kappa shape index (κ3) is 13.2.